The van der Waals surface area contributed by atoms with Gasteiger partial charge in [-0.2, -0.15) is 4.31 Å². The Morgan fingerprint density at radius 2 is 1.80 bits per heavy atom. The average molecular weight is 444 g/mol. The van der Waals surface area contributed by atoms with Gasteiger partial charge in [-0.15, -0.1) is 0 Å². The fourth-order valence-corrected chi connectivity index (χ4v) is 5.07. The van der Waals surface area contributed by atoms with E-state index in [2.05, 4.69) is 21.2 Å². The van der Waals surface area contributed by atoms with E-state index in [0.29, 0.717) is 18.8 Å². The van der Waals surface area contributed by atoms with Crippen LogP contribution in [0, 0.1) is 0 Å². The first-order chi connectivity index (χ1) is 11.9. The summed E-state index contributed by atoms with van der Waals surface area (Å²) in [5, 5.41) is 2.87. The zero-order valence-electron chi connectivity index (χ0n) is 13.2. The van der Waals surface area contributed by atoms with E-state index < -0.39 is 15.9 Å². The number of para-hydroxylation sites is 1. The van der Waals surface area contributed by atoms with Gasteiger partial charge in [0.05, 0.1) is 10.7 Å². The van der Waals surface area contributed by atoms with Crippen molar-refractivity contribution in [2.45, 2.75) is 17.7 Å². The maximum atomic E-state index is 12.7. The molecular weight excluding hydrogens is 428 g/mol. The first-order valence-electron chi connectivity index (χ1n) is 7.75. The van der Waals surface area contributed by atoms with Crippen molar-refractivity contribution in [2.75, 3.05) is 18.4 Å². The van der Waals surface area contributed by atoms with Crippen LogP contribution in [0.3, 0.4) is 0 Å². The minimum Gasteiger partial charge on any atom is -0.321 e. The van der Waals surface area contributed by atoms with E-state index in [1.165, 1.54) is 22.5 Å². The number of rotatable bonds is 4. The molecule has 0 bridgehead atoms. The number of sulfonamides is 1. The molecule has 1 amide bonds. The lowest BCUT2D eigenvalue weighted by Gasteiger charge is -2.17. The van der Waals surface area contributed by atoms with Crippen LogP contribution >= 0.6 is 27.5 Å². The zero-order chi connectivity index (χ0) is 18.0. The van der Waals surface area contributed by atoms with Crippen molar-refractivity contribution >= 4 is 49.1 Å². The predicted molar refractivity (Wildman–Crippen MR) is 102 cm³/mol. The summed E-state index contributed by atoms with van der Waals surface area (Å²) in [7, 11) is -3.69. The Kier molecular flexibility index (Phi) is 5.48. The molecular formula is C17H16BrClN2O3S. The molecule has 0 spiro atoms. The van der Waals surface area contributed by atoms with Crippen molar-refractivity contribution in [2.24, 2.45) is 0 Å². The normalized spacial score (nSPS) is 15.3. The van der Waals surface area contributed by atoms with Gasteiger partial charge in [0.1, 0.15) is 4.90 Å². The molecule has 25 heavy (non-hydrogen) atoms. The highest BCUT2D eigenvalue weighted by Gasteiger charge is 2.29. The molecule has 0 aliphatic carbocycles. The molecule has 1 aliphatic heterocycles. The fraction of sp³-hybridized carbons (Fsp3) is 0.235. The number of nitrogens with zero attached hydrogens (tertiary/aromatic N) is 1. The smallest absolute Gasteiger partial charge is 0.255 e. The van der Waals surface area contributed by atoms with Crippen LogP contribution in [-0.4, -0.2) is 31.7 Å². The van der Waals surface area contributed by atoms with Crippen molar-refractivity contribution in [3.8, 4) is 0 Å². The first kappa shape index (κ1) is 18.4. The standard InChI is InChI=1S/C17H16BrClN2O3S/c18-13-5-1-2-6-15(13)20-17(22)12-7-8-14(19)16(11-12)25(23,24)21-9-3-4-10-21/h1-2,5-8,11H,3-4,9-10H2,(H,20,22). The number of nitrogens with one attached hydrogen (secondary N) is 1. The van der Waals surface area contributed by atoms with Gasteiger partial charge >= 0.3 is 0 Å². The summed E-state index contributed by atoms with van der Waals surface area (Å²) in [4.78, 5) is 12.5. The van der Waals surface area contributed by atoms with Crippen LogP contribution < -0.4 is 5.32 Å². The Bertz CT molecular complexity index is 912. The summed E-state index contributed by atoms with van der Waals surface area (Å²) in [6.07, 6.45) is 1.66. The number of hydrogen-bond donors (Lipinski definition) is 1. The number of hydrogen-bond acceptors (Lipinski definition) is 3. The van der Waals surface area contributed by atoms with Gasteiger partial charge in [0, 0.05) is 23.1 Å². The molecule has 0 radical (unpaired) electrons. The lowest BCUT2D eigenvalue weighted by molar-refractivity contribution is 0.102. The van der Waals surface area contributed by atoms with E-state index in [9.17, 15) is 13.2 Å². The quantitative estimate of drug-likeness (QED) is 0.772. The SMILES string of the molecule is O=C(Nc1ccccc1Br)c1ccc(Cl)c(S(=O)(=O)N2CCCC2)c1. The molecule has 1 heterocycles. The summed E-state index contributed by atoms with van der Waals surface area (Å²) < 4.78 is 27.6. The number of anilines is 1. The van der Waals surface area contributed by atoms with Gasteiger partial charge in [-0.05, 0) is 59.1 Å². The van der Waals surface area contributed by atoms with Crippen molar-refractivity contribution in [3.05, 3.63) is 57.5 Å². The third-order valence-electron chi connectivity index (χ3n) is 4.00. The van der Waals surface area contributed by atoms with Gasteiger partial charge in [0.2, 0.25) is 10.0 Å². The summed E-state index contributed by atoms with van der Waals surface area (Å²) >= 11 is 9.47. The summed E-state index contributed by atoms with van der Waals surface area (Å²) in [6.45, 7) is 0.956. The molecule has 8 heteroatoms. The Morgan fingerprint density at radius 3 is 2.48 bits per heavy atom. The van der Waals surface area contributed by atoms with E-state index in [1.807, 2.05) is 6.07 Å². The maximum Gasteiger partial charge on any atom is 0.255 e. The highest BCUT2D eigenvalue weighted by atomic mass is 79.9. The topological polar surface area (TPSA) is 66.5 Å². The molecule has 5 nitrogen and oxygen atoms in total. The monoisotopic (exact) mass is 442 g/mol. The molecule has 1 aliphatic rings. The summed E-state index contributed by atoms with van der Waals surface area (Å²) in [6, 6.07) is 11.5. The third kappa shape index (κ3) is 3.89. The van der Waals surface area contributed by atoms with Crippen LogP contribution in [0.4, 0.5) is 5.69 Å². The van der Waals surface area contributed by atoms with Crippen LogP contribution in [0.1, 0.15) is 23.2 Å². The second-order valence-corrected chi connectivity index (χ2v) is 8.86. The maximum absolute atomic E-state index is 12.7. The van der Waals surface area contributed by atoms with E-state index >= 15 is 0 Å². The minimum atomic E-state index is -3.69. The van der Waals surface area contributed by atoms with Crippen LogP contribution in [0.25, 0.3) is 0 Å². The second kappa shape index (κ2) is 7.45. The van der Waals surface area contributed by atoms with Crippen LogP contribution in [0.15, 0.2) is 51.8 Å². The molecule has 1 fully saturated rings. The largest absolute Gasteiger partial charge is 0.321 e. The molecule has 2 aromatic rings. The van der Waals surface area contributed by atoms with Gasteiger partial charge in [-0.1, -0.05) is 23.7 Å². The fourth-order valence-electron chi connectivity index (χ4n) is 2.67. The minimum absolute atomic E-state index is 0.0316. The lowest BCUT2D eigenvalue weighted by atomic mass is 10.2. The van der Waals surface area contributed by atoms with Gasteiger partial charge in [-0.25, -0.2) is 8.42 Å². The Labute approximate surface area is 160 Å². The second-order valence-electron chi connectivity index (χ2n) is 5.69. The van der Waals surface area contributed by atoms with Crippen molar-refractivity contribution < 1.29 is 13.2 Å². The Hall–Kier alpha value is -1.41. The van der Waals surface area contributed by atoms with Crippen LogP contribution in [0.5, 0.6) is 0 Å². The van der Waals surface area contributed by atoms with E-state index in [1.54, 1.807) is 18.2 Å². The highest BCUT2D eigenvalue weighted by Crippen LogP contribution is 2.29. The van der Waals surface area contributed by atoms with Crippen molar-refractivity contribution in [3.63, 3.8) is 0 Å². The van der Waals surface area contributed by atoms with Gasteiger partial charge in [0.15, 0.2) is 0 Å². The van der Waals surface area contributed by atoms with Crippen LogP contribution in [0.2, 0.25) is 5.02 Å². The molecule has 3 rings (SSSR count). The highest BCUT2D eigenvalue weighted by molar-refractivity contribution is 9.10. The number of carbonyl (C=O) groups is 1. The third-order valence-corrected chi connectivity index (χ3v) is 7.07. The average Bonchev–Trinajstić information content (AvgIpc) is 3.12. The van der Waals surface area contributed by atoms with E-state index in [4.69, 9.17) is 11.6 Å². The molecule has 0 saturated carbocycles. The number of amides is 1. The molecule has 1 N–H and O–H groups in total. The molecule has 2 aromatic carbocycles. The molecule has 132 valence electrons. The Morgan fingerprint density at radius 1 is 1.12 bits per heavy atom. The van der Waals surface area contributed by atoms with Gasteiger partial charge < -0.3 is 5.32 Å². The van der Waals surface area contributed by atoms with Crippen molar-refractivity contribution in [1.82, 2.24) is 4.31 Å². The Balaban J connectivity index is 1.91. The van der Waals surface area contributed by atoms with E-state index in [-0.39, 0.29) is 15.5 Å². The number of benzene rings is 2. The first-order valence-corrected chi connectivity index (χ1v) is 10.4. The van der Waals surface area contributed by atoms with E-state index in [0.717, 1.165) is 17.3 Å². The lowest BCUT2D eigenvalue weighted by Crippen LogP contribution is -2.28. The summed E-state index contributed by atoms with van der Waals surface area (Å²) in [5.41, 5.74) is 0.837. The molecule has 1 saturated heterocycles. The predicted octanol–water partition coefficient (Wildman–Crippen LogP) is 4.14. The molecule has 0 unspecified atom stereocenters. The number of halogens is 2. The summed E-state index contributed by atoms with van der Waals surface area (Å²) in [5.74, 6) is -0.401. The number of carbonyl (C=O) groups excluding carboxylic acids is 1. The molecule has 0 atom stereocenters. The molecule has 0 aromatic heterocycles. The van der Waals surface area contributed by atoms with Crippen molar-refractivity contribution in [1.29, 1.82) is 0 Å². The zero-order valence-corrected chi connectivity index (χ0v) is 16.4. The van der Waals surface area contributed by atoms with Gasteiger partial charge in [-0.3, -0.25) is 4.79 Å². The van der Waals surface area contributed by atoms with Crippen LogP contribution in [-0.2, 0) is 10.0 Å². The van der Waals surface area contributed by atoms with Gasteiger partial charge in [0.25, 0.3) is 5.91 Å².